The van der Waals surface area contributed by atoms with Crippen LogP contribution in [-0.4, -0.2) is 5.11 Å². The second-order valence-electron chi connectivity index (χ2n) is 24.4. The summed E-state index contributed by atoms with van der Waals surface area (Å²) in [5.41, 5.74) is 22.5. The molecule has 0 saturated heterocycles. The summed E-state index contributed by atoms with van der Waals surface area (Å²) in [4.78, 5) is 4.92. The van der Waals surface area contributed by atoms with Crippen LogP contribution in [0, 0.1) is 0 Å². The second-order valence-corrected chi connectivity index (χ2v) is 24.4. The van der Waals surface area contributed by atoms with Crippen molar-refractivity contribution in [2.75, 3.05) is 9.80 Å². The molecule has 0 bridgehead atoms. The Labute approximate surface area is 506 Å². The van der Waals surface area contributed by atoms with Crippen LogP contribution in [0.2, 0.25) is 0 Å². The lowest BCUT2D eigenvalue weighted by Crippen LogP contribution is -2.14. The van der Waals surface area contributed by atoms with E-state index in [0.29, 0.717) is 11.8 Å². The van der Waals surface area contributed by atoms with Crippen LogP contribution >= 0.6 is 0 Å². The van der Waals surface area contributed by atoms with E-state index in [-0.39, 0.29) is 5.75 Å². The van der Waals surface area contributed by atoms with Gasteiger partial charge in [-0.1, -0.05) is 211 Å². The average Bonchev–Trinajstić information content (AvgIpc) is 3.63. The van der Waals surface area contributed by atoms with Gasteiger partial charge in [0, 0.05) is 44.0 Å². The molecule has 2 aliphatic rings. The summed E-state index contributed by atoms with van der Waals surface area (Å²) in [6.45, 7) is 8.92. The molecule has 0 spiro atoms. The molecule has 0 unspecified atom stereocenters. The number of rotatable bonds is 15. The molecule has 2 saturated carbocycles. The quantitative estimate of drug-likeness (QED) is 0.104. The van der Waals surface area contributed by atoms with Crippen LogP contribution in [0.25, 0.3) is 87.6 Å². The zero-order chi connectivity index (χ0) is 58.0. The normalized spacial score (nSPS) is 14.0. The van der Waals surface area contributed by atoms with Gasteiger partial charge >= 0.3 is 0 Å². The fourth-order valence-electron chi connectivity index (χ4n) is 15.3. The number of anilines is 6. The summed E-state index contributed by atoms with van der Waals surface area (Å²) in [5.74, 6) is 1.08. The maximum atomic E-state index is 13.2. The van der Waals surface area contributed by atoms with Crippen LogP contribution in [-0.2, 0) is 25.7 Å². The van der Waals surface area contributed by atoms with Crippen LogP contribution in [0.1, 0.15) is 124 Å². The van der Waals surface area contributed by atoms with Crippen molar-refractivity contribution in [2.45, 2.75) is 117 Å². The van der Waals surface area contributed by atoms with E-state index in [1.807, 2.05) is 0 Å². The fourth-order valence-corrected chi connectivity index (χ4v) is 15.3. The third-order valence-corrected chi connectivity index (χ3v) is 19.8. The third kappa shape index (κ3) is 9.02. The van der Waals surface area contributed by atoms with E-state index in [9.17, 15) is 5.11 Å². The van der Waals surface area contributed by atoms with E-state index in [4.69, 9.17) is 4.42 Å². The van der Waals surface area contributed by atoms with Crippen molar-refractivity contribution >= 4 is 88.4 Å². The Morgan fingerprint density at radius 3 is 1.37 bits per heavy atom. The fraction of sp³-hybridized carbons (Fsp3) is 0.220. The van der Waals surface area contributed by atoms with Gasteiger partial charge in [0.05, 0.1) is 22.7 Å². The number of hydrogen-bond acceptors (Lipinski definition) is 4. The summed E-state index contributed by atoms with van der Waals surface area (Å²) in [7, 11) is 0. The van der Waals surface area contributed by atoms with Crippen molar-refractivity contribution in [1.82, 2.24) is 0 Å². The lowest BCUT2D eigenvalue weighted by molar-refractivity contribution is 0.478. The molecule has 4 heteroatoms. The predicted molar refractivity (Wildman–Crippen MR) is 365 cm³/mol. The van der Waals surface area contributed by atoms with Gasteiger partial charge < -0.3 is 19.3 Å². The maximum Gasteiger partial charge on any atom is 0.159 e. The van der Waals surface area contributed by atoms with E-state index in [1.54, 1.807) is 0 Å². The Morgan fingerprint density at radius 2 is 0.802 bits per heavy atom. The molecule has 4 nitrogen and oxygen atoms in total. The highest BCUT2D eigenvalue weighted by Crippen LogP contribution is 2.56. The number of phenols is 1. The Balaban J connectivity index is 1.01. The molecule has 2 aliphatic carbocycles. The number of nitrogens with zero attached hydrogens (tertiary/aromatic N) is 2. The molecular weight excluding hydrogens is 1040 g/mol. The van der Waals surface area contributed by atoms with Gasteiger partial charge in [-0.05, 0) is 195 Å². The van der Waals surface area contributed by atoms with Gasteiger partial charge in [-0.2, -0.15) is 0 Å². The van der Waals surface area contributed by atoms with Gasteiger partial charge in [0.1, 0.15) is 11.3 Å². The highest BCUT2D eigenvalue weighted by molar-refractivity contribution is 6.30. The SMILES string of the molecule is CCc1ccc(N(c2cccc(-c3cccc(-c4ccccc4CC)c3)c2O)c2cc(C3CCCC3)c3ccc4c(N(c5ccc(CC)cc5)c5cccc6c5oc5c(-c7ccccc7CC)cccc56)cc(C5CCCC5)c5ccc2c3c54)cc1. The minimum Gasteiger partial charge on any atom is -0.505 e. The smallest absolute Gasteiger partial charge is 0.159 e. The molecule has 1 aromatic heterocycles. The summed E-state index contributed by atoms with van der Waals surface area (Å²) in [6, 6.07) is 79.2. The lowest BCUT2D eigenvalue weighted by atomic mass is 9.82. The van der Waals surface area contributed by atoms with E-state index < -0.39 is 0 Å². The van der Waals surface area contributed by atoms with Gasteiger partial charge in [-0.3, -0.25) is 0 Å². The molecule has 13 aromatic rings. The first kappa shape index (κ1) is 53.6. The Hall–Kier alpha value is -9.12. The highest BCUT2D eigenvalue weighted by atomic mass is 16.3. The number of aryl methyl sites for hydroxylation is 4. The van der Waals surface area contributed by atoms with Crippen molar-refractivity contribution in [3.63, 3.8) is 0 Å². The molecule has 424 valence electrons. The average molecular weight is 1120 g/mol. The van der Waals surface area contributed by atoms with Crippen LogP contribution < -0.4 is 9.80 Å². The van der Waals surface area contributed by atoms with Crippen molar-refractivity contribution in [1.29, 1.82) is 0 Å². The second kappa shape index (κ2) is 22.4. The lowest BCUT2D eigenvalue weighted by Gasteiger charge is -2.32. The van der Waals surface area contributed by atoms with Crippen LogP contribution in [0.4, 0.5) is 34.1 Å². The van der Waals surface area contributed by atoms with E-state index >= 15 is 0 Å². The van der Waals surface area contributed by atoms with Crippen molar-refractivity contribution < 1.29 is 9.52 Å². The number of hydrogen-bond donors (Lipinski definition) is 1. The number of benzene rings is 12. The van der Waals surface area contributed by atoms with Gasteiger partial charge in [0.2, 0.25) is 0 Å². The van der Waals surface area contributed by atoms with E-state index in [0.717, 1.165) is 117 Å². The minimum atomic E-state index is 0.262. The molecule has 86 heavy (non-hydrogen) atoms. The molecule has 2 fully saturated rings. The first-order valence-corrected chi connectivity index (χ1v) is 32.0. The first-order valence-electron chi connectivity index (χ1n) is 32.0. The molecular formula is C82H74N2O2. The zero-order valence-electron chi connectivity index (χ0n) is 50.1. The highest BCUT2D eigenvalue weighted by Gasteiger charge is 2.32. The van der Waals surface area contributed by atoms with Crippen molar-refractivity contribution in [3.8, 4) is 39.1 Å². The molecule has 12 aromatic carbocycles. The van der Waals surface area contributed by atoms with Crippen molar-refractivity contribution in [3.05, 3.63) is 246 Å². The molecule has 1 heterocycles. The molecule has 15 rings (SSSR count). The first-order chi connectivity index (χ1) is 42.4. The summed E-state index contributed by atoms with van der Waals surface area (Å²) in [5, 5.41) is 23.1. The van der Waals surface area contributed by atoms with Gasteiger partial charge in [-0.15, -0.1) is 0 Å². The molecule has 1 N–H and O–H groups in total. The standard InChI is InChI=1S/C82H74N2O2/c1-5-52-37-41-60(42-38-52)83(74-35-19-31-64(80(74)85)59-28-17-27-58(49-59)62-29-15-13-21-54(62)7-3)76-50-72(56-23-9-10-24-56)65-46-48-71-77(51-73(57-25-11-12-26-57)66-45-47-70(76)78(65)79(66)71)84(61-43-39-53(6-2)40-44-61)75-36-20-34-69-68-33-18-32-67(81(68)86-82(69)75)63-30-16-14-22-55(63)8-4/h13-22,27-51,56-57,85H,5-12,23-26H2,1-4H3. The number of para-hydroxylation sites is 3. The van der Waals surface area contributed by atoms with E-state index in [1.165, 1.54) is 115 Å². The van der Waals surface area contributed by atoms with Gasteiger partial charge in [-0.25, -0.2) is 0 Å². The third-order valence-electron chi connectivity index (χ3n) is 19.8. The summed E-state index contributed by atoms with van der Waals surface area (Å²) >= 11 is 0. The monoisotopic (exact) mass is 1120 g/mol. The van der Waals surface area contributed by atoms with Gasteiger partial charge in [0.15, 0.2) is 5.58 Å². The molecule has 0 aliphatic heterocycles. The zero-order valence-corrected chi connectivity index (χ0v) is 50.1. The Kier molecular flexibility index (Phi) is 13.9. The minimum absolute atomic E-state index is 0.262. The number of furan rings is 1. The number of phenolic OH excluding ortho intramolecular Hbond substituents is 1. The van der Waals surface area contributed by atoms with Gasteiger partial charge in [0.25, 0.3) is 0 Å². The molecule has 0 amide bonds. The van der Waals surface area contributed by atoms with Crippen LogP contribution in [0.15, 0.2) is 217 Å². The topological polar surface area (TPSA) is 39.9 Å². The largest absolute Gasteiger partial charge is 0.505 e. The Bertz CT molecular complexity index is 4670. The van der Waals surface area contributed by atoms with Crippen LogP contribution in [0.3, 0.4) is 0 Å². The van der Waals surface area contributed by atoms with Crippen LogP contribution in [0.5, 0.6) is 5.75 Å². The molecule has 0 atom stereocenters. The summed E-state index contributed by atoms with van der Waals surface area (Å²) in [6.07, 6.45) is 13.3. The van der Waals surface area contributed by atoms with Crippen molar-refractivity contribution in [2.24, 2.45) is 0 Å². The number of aromatic hydroxyl groups is 1. The molecule has 0 radical (unpaired) electrons. The summed E-state index contributed by atoms with van der Waals surface area (Å²) < 4.78 is 7.42. The number of fused-ring (bicyclic) bond motifs is 3. The Morgan fingerprint density at radius 1 is 0.360 bits per heavy atom. The maximum absolute atomic E-state index is 13.2. The predicted octanol–water partition coefficient (Wildman–Crippen LogP) is 23.7. The van der Waals surface area contributed by atoms with E-state index in [2.05, 4.69) is 250 Å².